The first-order valence-corrected chi connectivity index (χ1v) is 9.02. The van der Waals surface area contributed by atoms with Crippen molar-refractivity contribution in [3.05, 3.63) is 53.7 Å². The monoisotopic (exact) mass is 366 g/mol. The number of likely N-dealkylation sites (tertiary alicyclic amines) is 1. The second kappa shape index (κ2) is 7.22. The maximum atomic E-state index is 12.5. The van der Waals surface area contributed by atoms with E-state index in [1.807, 2.05) is 41.6 Å². The Balaban J connectivity index is 1.33. The van der Waals surface area contributed by atoms with Crippen LogP contribution in [-0.4, -0.2) is 43.9 Å². The molecule has 2 amide bonds. The molecule has 8 heteroatoms. The molecule has 27 heavy (non-hydrogen) atoms. The van der Waals surface area contributed by atoms with E-state index < -0.39 is 0 Å². The molecular weight excluding hydrogens is 344 g/mol. The molecule has 1 aliphatic rings. The Labute approximate surface area is 157 Å². The van der Waals surface area contributed by atoms with Gasteiger partial charge in [-0.25, -0.2) is 4.79 Å². The van der Waals surface area contributed by atoms with Crippen LogP contribution in [0.4, 0.5) is 4.79 Å². The molecule has 3 aromatic rings. The molecule has 140 valence electrons. The van der Waals surface area contributed by atoms with Crippen LogP contribution in [0, 0.1) is 13.8 Å². The van der Waals surface area contributed by atoms with E-state index in [1.165, 1.54) is 0 Å². The SMILES string of the molecule is Cc1cc(C)n([C@@H]2CCN(C(=O)NCc3cc(-c4ccccn4)no3)C2)n1. The number of hydrogen-bond acceptors (Lipinski definition) is 5. The lowest BCUT2D eigenvalue weighted by Gasteiger charge is -2.17. The number of pyridine rings is 1. The van der Waals surface area contributed by atoms with Crippen LogP contribution in [0.5, 0.6) is 0 Å². The molecule has 1 aliphatic heterocycles. The molecule has 3 aromatic heterocycles. The van der Waals surface area contributed by atoms with Gasteiger partial charge in [0.15, 0.2) is 5.76 Å². The summed E-state index contributed by atoms with van der Waals surface area (Å²) >= 11 is 0. The molecule has 4 rings (SSSR count). The van der Waals surface area contributed by atoms with Gasteiger partial charge in [0.2, 0.25) is 0 Å². The van der Waals surface area contributed by atoms with E-state index >= 15 is 0 Å². The summed E-state index contributed by atoms with van der Waals surface area (Å²) in [5.41, 5.74) is 3.53. The highest BCUT2D eigenvalue weighted by Gasteiger charge is 2.28. The van der Waals surface area contributed by atoms with E-state index in [0.29, 0.717) is 31.1 Å². The van der Waals surface area contributed by atoms with Gasteiger partial charge in [-0.2, -0.15) is 5.10 Å². The average Bonchev–Trinajstić information content (AvgIpc) is 3.40. The van der Waals surface area contributed by atoms with Crippen LogP contribution in [0.15, 0.2) is 41.1 Å². The van der Waals surface area contributed by atoms with Gasteiger partial charge in [-0.3, -0.25) is 9.67 Å². The van der Waals surface area contributed by atoms with Crippen molar-refractivity contribution in [2.45, 2.75) is 32.9 Å². The standard InChI is InChI=1S/C19H22N6O2/c1-13-9-14(2)25(22-13)15-6-8-24(12-15)19(26)21-11-16-10-18(23-27-16)17-5-3-4-7-20-17/h3-5,7,9-10,15H,6,8,11-12H2,1-2H3,(H,21,26)/t15-/m1/s1. The Hall–Kier alpha value is -3.16. The number of hydrogen-bond donors (Lipinski definition) is 1. The van der Waals surface area contributed by atoms with Gasteiger partial charge < -0.3 is 14.7 Å². The number of aryl methyl sites for hydroxylation is 2. The van der Waals surface area contributed by atoms with Crippen molar-refractivity contribution in [2.75, 3.05) is 13.1 Å². The Morgan fingerprint density at radius 1 is 1.30 bits per heavy atom. The minimum absolute atomic E-state index is 0.102. The summed E-state index contributed by atoms with van der Waals surface area (Å²) in [7, 11) is 0. The zero-order valence-corrected chi connectivity index (χ0v) is 15.4. The number of nitrogens with zero attached hydrogens (tertiary/aromatic N) is 5. The van der Waals surface area contributed by atoms with Crippen LogP contribution in [0.1, 0.15) is 29.6 Å². The lowest BCUT2D eigenvalue weighted by atomic mass is 10.2. The van der Waals surface area contributed by atoms with Crippen LogP contribution in [-0.2, 0) is 6.54 Å². The normalized spacial score (nSPS) is 16.7. The first-order valence-electron chi connectivity index (χ1n) is 9.02. The molecule has 0 aliphatic carbocycles. The van der Waals surface area contributed by atoms with Crippen molar-refractivity contribution in [2.24, 2.45) is 0 Å². The van der Waals surface area contributed by atoms with Crippen molar-refractivity contribution < 1.29 is 9.32 Å². The second-order valence-corrected chi connectivity index (χ2v) is 6.81. The highest BCUT2D eigenvalue weighted by molar-refractivity contribution is 5.74. The third-order valence-corrected chi connectivity index (χ3v) is 4.74. The first-order chi connectivity index (χ1) is 13.1. The summed E-state index contributed by atoms with van der Waals surface area (Å²) in [5, 5.41) is 11.5. The third kappa shape index (κ3) is 3.69. The van der Waals surface area contributed by atoms with Crippen LogP contribution >= 0.6 is 0 Å². The number of amides is 2. The molecule has 1 saturated heterocycles. The zero-order valence-electron chi connectivity index (χ0n) is 15.4. The van der Waals surface area contributed by atoms with Crippen LogP contribution in [0.25, 0.3) is 11.4 Å². The molecule has 0 saturated carbocycles. The van der Waals surface area contributed by atoms with E-state index in [1.54, 1.807) is 12.3 Å². The van der Waals surface area contributed by atoms with Gasteiger partial charge in [0.05, 0.1) is 24.0 Å². The summed E-state index contributed by atoms with van der Waals surface area (Å²) in [6.07, 6.45) is 2.61. The summed E-state index contributed by atoms with van der Waals surface area (Å²) in [5.74, 6) is 0.596. The Kier molecular flexibility index (Phi) is 4.62. The Morgan fingerprint density at radius 3 is 2.93 bits per heavy atom. The van der Waals surface area contributed by atoms with Crippen molar-refractivity contribution in [1.82, 2.24) is 30.1 Å². The van der Waals surface area contributed by atoms with Gasteiger partial charge in [-0.05, 0) is 38.5 Å². The highest BCUT2D eigenvalue weighted by atomic mass is 16.5. The minimum Gasteiger partial charge on any atom is -0.359 e. The number of nitrogens with one attached hydrogen (secondary N) is 1. The van der Waals surface area contributed by atoms with Crippen LogP contribution in [0.2, 0.25) is 0 Å². The number of aromatic nitrogens is 4. The highest BCUT2D eigenvalue weighted by Crippen LogP contribution is 2.23. The first kappa shape index (κ1) is 17.3. The maximum Gasteiger partial charge on any atom is 0.317 e. The predicted octanol–water partition coefficient (Wildman–Crippen LogP) is 2.71. The summed E-state index contributed by atoms with van der Waals surface area (Å²) in [6, 6.07) is 9.59. The van der Waals surface area contributed by atoms with Gasteiger partial charge in [0, 0.05) is 31.0 Å². The van der Waals surface area contributed by atoms with E-state index in [4.69, 9.17) is 4.52 Å². The zero-order chi connectivity index (χ0) is 18.8. The lowest BCUT2D eigenvalue weighted by Crippen LogP contribution is -2.38. The average molecular weight is 366 g/mol. The van der Waals surface area contributed by atoms with Gasteiger partial charge in [0.25, 0.3) is 0 Å². The lowest BCUT2D eigenvalue weighted by molar-refractivity contribution is 0.204. The van der Waals surface area contributed by atoms with Crippen LogP contribution < -0.4 is 5.32 Å². The van der Waals surface area contributed by atoms with Crippen molar-refractivity contribution in [1.29, 1.82) is 0 Å². The summed E-state index contributed by atoms with van der Waals surface area (Å²) < 4.78 is 7.33. The number of carbonyl (C=O) groups is 1. The Bertz CT molecular complexity index is 933. The summed E-state index contributed by atoms with van der Waals surface area (Å²) in [6.45, 7) is 5.69. The maximum absolute atomic E-state index is 12.5. The molecule has 0 bridgehead atoms. The quantitative estimate of drug-likeness (QED) is 0.767. The largest absolute Gasteiger partial charge is 0.359 e. The third-order valence-electron chi connectivity index (χ3n) is 4.74. The molecule has 0 radical (unpaired) electrons. The number of rotatable bonds is 4. The fourth-order valence-corrected chi connectivity index (χ4v) is 3.45. The van der Waals surface area contributed by atoms with Crippen molar-refractivity contribution in [3.63, 3.8) is 0 Å². The van der Waals surface area contributed by atoms with E-state index in [0.717, 1.165) is 23.5 Å². The van der Waals surface area contributed by atoms with E-state index in [9.17, 15) is 4.79 Å². The topological polar surface area (TPSA) is 89.1 Å². The fourth-order valence-electron chi connectivity index (χ4n) is 3.45. The Morgan fingerprint density at radius 2 is 2.19 bits per heavy atom. The van der Waals surface area contributed by atoms with E-state index in [-0.39, 0.29) is 12.1 Å². The van der Waals surface area contributed by atoms with Gasteiger partial charge in [0.1, 0.15) is 5.69 Å². The number of carbonyl (C=O) groups excluding carboxylic acids is 1. The molecule has 0 spiro atoms. The van der Waals surface area contributed by atoms with Crippen LogP contribution in [0.3, 0.4) is 0 Å². The van der Waals surface area contributed by atoms with E-state index in [2.05, 4.69) is 26.6 Å². The molecule has 0 aromatic carbocycles. The van der Waals surface area contributed by atoms with Gasteiger partial charge >= 0.3 is 6.03 Å². The minimum atomic E-state index is -0.102. The fraction of sp³-hybridized carbons (Fsp3) is 0.368. The molecule has 1 fully saturated rings. The molecule has 4 heterocycles. The molecule has 0 unspecified atom stereocenters. The molecule has 1 N–H and O–H groups in total. The van der Waals surface area contributed by atoms with Crippen molar-refractivity contribution in [3.8, 4) is 11.4 Å². The summed E-state index contributed by atoms with van der Waals surface area (Å²) in [4.78, 5) is 18.5. The predicted molar refractivity (Wildman–Crippen MR) is 98.9 cm³/mol. The smallest absolute Gasteiger partial charge is 0.317 e. The second-order valence-electron chi connectivity index (χ2n) is 6.81. The molecular formula is C19H22N6O2. The van der Waals surface area contributed by atoms with Crippen molar-refractivity contribution >= 4 is 6.03 Å². The molecule has 8 nitrogen and oxygen atoms in total. The molecule has 1 atom stereocenters. The van der Waals surface area contributed by atoms with Gasteiger partial charge in [-0.1, -0.05) is 11.2 Å². The van der Waals surface area contributed by atoms with Gasteiger partial charge in [-0.15, -0.1) is 0 Å². The number of urea groups is 1.